The van der Waals surface area contributed by atoms with Crippen LogP contribution < -0.4 is 0 Å². The molecule has 0 radical (unpaired) electrons. The topological polar surface area (TPSA) is 57.7 Å². The summed E-state index contributed by atoms with van der Waals surface area (Å²) in [5.74, 6) is -0.171. The summed E-state index contributed by atoms with van der Waals surface area (Å²) >= 11 is 0. The molecule has 2 rings (SSSR count). The molecule has 1 heterocycles. The number of likely N-dealkylation sites (N-methyl/N-ethyl adjacent to an activating group) is 1. The number of carbonyl (C=O) groups is 1. The van der Waals surface area contributed by atoms with E-state index in [9.17, 15) is 13.2 Å². The predicted molar refractivity (Wildman–Crippen MR) is 62.8 cm³/mol. The lowest BCUT2D eigenvalue weighted by atomic mass is 10.4. The number of sulfonamides is 1. The van der Waals surface area contributed by atoms with Crippen LogP contribution in [0, 0.1) is 0 Å². The Morgan fingerprint density at radius 3 is 2.35 bits per heavy atom. The van der Waals surface area contributed by atoms with Crippen molar-refractivity contribution in [3.8, 4) is 0 Å². The van der Waals surface area contributed by atoms with Crippen molar-refractivity contribution in [2.75, 3.05) is 26.7 Å². The number of hydrogen-bond acceptors (Lipinski definition) is 3. The van der Waals surface area contributed by atoms with Crippen LogP contribution in [0.5, 0.6) is 0 Å². The van der Waals surface area contributed by atoms with E-state index in [1.165, 1.54) is 21.3 Å². The maximum atomic E-state index is 12.2. The van der Waals surface area contributed by atoms with Crippen LogP contribution in [0.4, 0.5) is 0 Å². The van der Waals surface area contributed by atoms with Gasteiger partial charge in [-0.25, -0.2) is 8.42 Å². The quantitative estimate of drug-likeness (QED) is 0.755. The lowest BCUT2D eigenvalue weighted by Gasteiger charge is -2.31. The second-order valence-electron chi connectivity index (χ2n) is 3.97. The number of hydrogen-bond donors (Lipinski definition) is 0. The molecule has 0 unspecified atom stereocenters. The van der Waals surface area contributed by atoms with Crippen LogP contribution in [0.2, 0.25) is 0 Å². The Kier molecular flexibility index (Phi) is 3.17. The van der Waals surface area contributed by atoms with Crippen molar-refractivity contribution in [1.29, 1.82) is 0 Å². The van der Waals surface area contributed by atoms with Crippen molar-refractivity contribution in [2.45, 2.75) is 4.90 Å². The average Bonchev–Trinajstić information content (AvgIpc) is 2.33. The Balaban J connectivity index is 2.26. The summed E-state index contributed by atoms with van der Waals surface area (Å²) in [7, 11) is -1.86. The number of benzene rings is 1. The Hall–Kier alpha value is -1.40. The number of piperazine rings is 1. The highest BCUT2D eigenvalue weighted by Gasteiger charge is 2.31. The van der Waals surface area contributed by atoms with Gasteiger partial charge >= 0.3 is 0 Å². The third kappa shape index (κ3) is 2.32. The molecular weight excluding hydrogens is 240 g/mol. The summed E-state index contributed by atoms with van der Waals surface area (Å²) in [4.78, 5) is 13.3. The fraction of sp³-hybridized carbons (Fsp3) is 0.364. The predicted octanol–water partition coefficient (Wildman–Crippen LogP) is 0.149. The molecule has 1 aliphatic heterocycles. The first kappa shape index (κ1) is 12.1. The van der Waals surface area contributed by atoms with Crippen molar-refractivity contribution in [2.24, 2.45) is 0 Å². The Morgan fingerprint density at radius 2 is 1.76 bits per heavy atom. The fourth-order valence-electron chi connectivity index (χ4n) is 1.68. The molecule has 1 amide bonds. The highest BCUT2D eigenvalue weighted by molar-refractivity contribution is 7.89. The zero-order chi connectivity index (χ0) is 12.5. The number of rotatable bonds is 2. The first-order chi connectivity index (χ1) is 8.01. The van der Waals surface area contributed by atoms with Crippen LogP contribution in [-0.4, -0.2) is 50.2 Å². The minimum atomic E-state index is -3.53. The van der Waals surface area contributed by atoms with Gasteiger partial charge in [0.15, 0.2) is 0 Å². The second-order valence-corrected chi connectivity index (χ2v) is 5.90. The summed E-state index contributed by atoms with van der Waals surface area (Å²) in [5.41, 5.74) is 0. The molecule has 1 fully saturated rings. The van der Waals surface area contributed by atoms with Gasteiger partial charge in [0.2, 0.25) is 15.9 Å². The molecule has 0 atom stereocenters. The molecule has 0 aromatic heterocycles. The van der Waals surface area contributed by atoms with E-state index in [1.54, 1.807) is 25.2 Å². The minimum absolute atomic E-state index is 0.0757. The molecule has 17 heavy (non-hydrogen) atoms. The van der Waals surface area contributed by atoms with Crippen molar-refractivity contribution < 1.29 is 13.2 Å². The van der Waals surface area contributed by atoms with Crippen molar-refractivity contribution in [1.82, 2.24) is 9.21 Å². The van der Waals surface area contributed by atoms with Gasteiger partial charge in [0.25, 0.3) is 0 Å². The van der Waals surface area contributed by atoms with E-state index in [1.807, 2.05) is 0 Å². The Morgan fingerprint density at radius 1 is 1.12 bits per heavy atom. The number of amides is 1. The molecule has 1 aliphatic rings. The van der Waals surface area contributed by atoms with Gasteiger partial charge in [-0.3, -0.25) is 4.79 Å². The third-order valence-electron chi connectivity index (χ3n) is 2.80. The first-order valence-corrected chi connectivity index (χ1v) is 6.75. The molecule has 0 saturated carbocycles. The van der Waals surface area contributed by atoms with Gasteiger partial charge in [-0.05, 0) is 12.1 Å². The number of carbonyl (C=O) groups excluding carboxylic acids is 1. The summed E-state index contributed by atoms with van der Waals surface area (Å²) in [6.45, 7) is 0.706. The largest absolute Gasteiger partial charge is 0.343 e. The van der Waals surface area contributed by atoms with Gasteiger partial charge in [0, 0.05) is 20.1 Å². The fourth-order valence-corrected chi connectivity index (χ4v) is 3.09. The van der Waals surface area contributed by atoms with Crippen molar-refractivity contribution >= 4 is 15.9 Å². The zero-order valence-electron chi connectivity index (χ0n) is 9.54. The minimum Gasteiger partial charge on any atom is -0.343 e. The van der Waals surface area contributed by atoms with Gasteiger partial charge in [0.1, 0.15) is 0 Å². The molecule has 92 valence electrons. The van der Waals surface area contributed by atoms with Gasteiger partial charge in [-0.1, -0.05) is 18.2 Å². The summed E-state index contributed by atoms with van der Waals surface area (Å²) in [5, 5.41) is 0. The normalized spacial score (nSPS) is 18.4. The van der Waals surface area contributed by atoms with Crippen LogP contribution in [0.3, 0.4) is 0 Å². The lowest BCUT2D eigenvalue weighted by molar-refractivity contribution is -0.132. The van der Waals surface area contributed by atoms with Crippen LogP contribution in [0.15, 0.2) is 35.2 Å². The highest BCUT2D eigenvalue weighted by atomic mass is 32.2. The molecule has 1 saturated heterocycles. The van der Waals surface area contributed by atoms with Crippen LogP contribution in [0.25, 0.3) is 0 Å². The molecule has 1 aromatic rings. The van der Waals surface area contributed by atoms with Gasteiger partial charge < -0.3 is 4.90 Å². The lowest BCUT2D eigenvalue weighted by Crippen LogP contribution is -2.50. The van der Waals surface area contributed by atoms with Gasteiger partial charge in [0.05, 0.1) is 11.4 Å². The molecule has 0 bridgehead atoms. The summed E-state index contributed by atoms with van der Waals surface area (Å²) in [6.07, 6.45) is 0. The summed E-state index contributed by atoms with van der Waals surface area (Å²) in [6, 6.07) is 8.18. The monoisotopic (exact) mass is 254 g/mol. The molecular formula is C11H14N2O3S. The first-order valence-electron chi connectivity index (χ1n) is 5.31. The van der Waals surface area contributed by atoms with Crippen molar-refractivity contribution in [3.63, 3.8) is 0 Å². The number of nitrogens with zero attached hydrogens (tertiary/aromatic N) is 2. The standard InChI is InChI=1S/C11H14N2O3S/c1-12-7-8-13(9-11(12)14)17(15,16)10-5-3-2-4-6-10/h2-6H,7-9H2,1H3. The Labute approximate surface area is 101 Å². The molecule has 5 nitrogen and oxygen atoms in total. The van der Waals surface area contributed by atoms with Gasteiger partial charge in [-0.15, -0.1) is 0 Å². The smallest absolute Gasteiger partial charge is 0.243 e. The second kappa shape index (κ2) is 4.46. The van der Waals surface area contributed by atoms with Gasteiger partial charge in [-0.2, -0.15) is 4.31 Å². The Bertz CT molecular complexity index is 513. The van der Waals surface area contributed by atoms with Crippen LogP contribution >= 0.6 is 0 Å². The SMILES string of the molecule is CN1CCN(S(=O)(=O)c2ccccc2)CC1=O. The van der Waals surface area contributed by atoms with Crippen molar-refractivity contribution in [3.05, 3.63) is 30.3 Å². The zero-order valence-corrected chi connectivity index (χ0v) is 10.4. The average molecular weight is 254 g/mol. The van der Waals surface area contributed by atoms with E-state index in [0.717, 1.165) is 0 Å². The van der Waals surface area contributed by atoms with E-state index in [0.29, 0.717) is 13.1 Å². The van der Waals surface area contributed by atoms with E-state index >= 15 is 0 Å². The van der Waals surface area contributed by atoms with Crippen LogP contribution in [-0.2, 0) is 14.8 Å². The maximum absolute atomic E-state index is 12.2. The van der Waals surface area contributed by atoms with Crippen LogP contribution in [0.1, 0.15) is 0 Å². The molecule has 0 N–H and O–H groups in total. The maximum Gasteiger partial charge on any atom is 0.243 e. The van der Waals surface area contributed by atoms with E-state index < -0.39 is 10.0 Å². The third-order valence-corrected chi connectivity index (χ3v) is 4.66. The molecule has 0 spiro atoms. The van der Waals surface area contributed by atoms with E-state index in [2.05, 4.69) is 0 Å². The highest BCUT2D eigenvalue weighted by Crippen LogP contribution is 2.16. The molecule has 0 aliphatic carbocycles. The summed E-state index contributed by atoms with van der Waals surface area (Å²) < 4.78 is 25.6. The van der Waals surface area contributed by atoms with E-state index in [4.69, 9.17) is 0 Å². The molecule has 1 aromatic carbocycles. The van der Waals surface area contributed by atoms with E-state index in [-0.39, 0.29) is 17.3 Å². The molecule has 6 heteroatoms.